The van der Waals surface area contributed by atoms with E-state index in [1.165, 1.54) is 148 Å². The molecule has 0 aliphatic carbocycles. The minimum atomic E-state index is -4.95. The van der Waals surface area contributed by atoms with Crippen molar-refractivity contribution >= 4 is 39.5 Å². The van der Waals surface area contributed by atoms with E-state index in [9.17, 15) is 43.2 Å². The highest BCUT2D eigenvalue weighted by molar-refractivity contribution is 7.47. The van der Waals surface area contributed by atoms with Crippen LogP contribution >= 0.6 is 15.6 Å². The Balaban J connectivity index is 5.17. The number of phosphoric ester groups is 2. The Hall–Kier alpha value is -1.94. The van der Waals surface area contributed by atoms with Gasteiger partial charge in [-0.1, -0.05) is 286 Å². The van der Waals surface area contributed by atoms with Gasteiger partial charge in [-0.3, -0.25) is 37.3 Å². The van der Waals surface area contributed by atoms with Crippen molar-refractivity contribution in [3.8, 4) is 0 Å². The number of phosphoric acid groups is 2. The summed E-state index contributed by atoms with van der Waals surface area (Å²) in [5.41, 5.74) is 0. The van der Waals surface area contributed by atoms with E-state index in [1.807, 2.05) is 0 Å². The summed E-state index contributed by atoms with van der Waals surface area (Å²) < 4.78 is 68.0. The first-order valence-corrected chi connectivity index (χ1v) is 38.0. The van der Waals surface area contributed by atoms with Gasteiger partial charge in [0.05, 0.1) is 26.4 Å². The molecule has 0 bridgehead atoms. The molecular weight excluding hydrogens is 1140 g/mol. The van der Waals surface area contributed by atoms with Crippen LogP contribution in [0.1, 0.15) is 337 Å². The normalized spacial score (nSPS) is 14.2. The van der Waals surface area contributed by atoms with Gasteiger partial charge in [0, 0.05) is 25.7 Å². The zero-order valence-electron chi connectivity index (χ0n) is 55.6. The molecule has 19 heteroatoms. The lowest BCUT2D eigenvalue weighted by Crippen LogP contribution is -2.30. The number of esters is 4. The number of carbonyl (C=O) groups is 4. The number of hydrogen-bond acceptors (Lipinski definition) is 15. The second-order valence-corrected chi connectivity index (χ2v) is 28.1. The largest absolute Gasteiger partial charge is 0.472 e. The molecule has 0 amide bonds. The van der Waals surface area contributed by atoms with Gasteiger partial charge in [-0.05, 0) is 37.5 Å². The monoisotopic (exact) mass is 1270 g/mol. The molecule has 0 fully saturated rings. The fourth-order valence-electron chi connectivity index (χ4n) is 10.1. The molecular formula is C67H130O17P2. The van der Waals surface area contributed by atoms with E-state index in [1.54, 1.807) is 0 Å². The molecule has 86 heavy (non-hydrogen) atoms. The van der Waals surface area contributed by atoms with Crippen molar-refractivity contribution in [3.63, 3.8) is 0 Å². The molecule has 0 heterocycles. The highest BCUT2D eigenvalue weighted by Crippen LogP contribution is 2.45. The van der Waals surface area contributed by atoms with Gasteiger partial charge in [0.2, 0.25) is 0 Å². The average Bonchev–Trinajstić information content (AvgIpc) is 3.68. The molecule has 3 N–H and O–H groups in total. The molecule has 0 radical (unpaired) electrons. The second kappa shape index (κ2) is 59.4. The van der Waals surface area contributed by atoms with E-state index in [2.05, 4.69) is 41.5 Å². The van der Waals surface area contributed by atoms with Crippen LogP contribution in [0.15, 0.2) is 0 Å². The van der Waals surface area contributed by atoms with E-state index in [-0.39, 0.29) is 25.7 Å². The Morgan fingerprint density at radius 3 is 0.791 bits per heavy atom. The molecule has 0 aliphatic heterocycles. The molecule has 17 nitrogen and oxygen atoms in total. The first kappa shape index (κ1) is 84.1. The van der Waals surface area contributed by atoms with E-state index >= 15 is 0 Å². The third-order valence-electron chi connectivity index (χ3n) is 15.5. The van der Waals surface area contributed by atoms with Gasteiger partial charge in [0.15, 0.2) is 12.2 Å². The molecule has 2 unspecified atom stereocenters. The van der Waals surface area contributed by atoms with Gasteiger partial charge < -0.3 is 33.8 Å². The summed E-state index contributed by atoms with van der Waals surface area (Å²) in [5.74, 6) is -0.603. The maximum atomic E-state index is 13.0. The topological polar surface area (TPSA) is 237 Å². The van der Waals surface area contributed by atoms with Crippen molar-refractivity contribution in [1.82, 2.24) is 0 Å². The Kier molecular flexibility index (Phi) is 58.0. The van der Waals surface area contributed by atoms with Crippen LogP contribution in [0.3, 0.4) is 0 Å². The van der Waals surface area contributed by atoms with Crippen LogP contribution in [0, 0.1) is 11.8 Å². The first-order chi connectivity index (χ1) is 41.4. The molecule has 0 spiro atoms. The molecule has 0 aromatic carbocycles. The molecule has 0 rings (SSSR count). The van der Waals surface area contributed by atoms with E-state index in [4.69, 9.17) is 37.0 Å². The van der Waals surface area contributed by atoms with Gasteiger partial charge in [-0.2, -0.15) is 0 Å². The summed E-state index contributed by atoms with van der Waals surface area (Å²) in [4.78, 5) is 72.2. The van der Waals surface area contributed by atoms with Crippen molar-refractivity contribution in [1.29, 1.82) is 0 Å². The average molecular weight is 1270 g/mol. The van der Waals surface area contributed by atoms with Crippen LogP contribution in [0.4, 0.5) is 0 Å². The van der Waals surface area contributed by atoms with Crippen LogP contribution in [-0.2, 0) is 65.4 Å². The summed E-state index contributed by atoms with van der Waals surface area (Å²) in [7, 11) is -9.89. The fourth-order valence-corrected chi connectivity index (χ4v) is 11.6. The Labute approximate surface area is 524 Å². The van der Waals surface area contributed by atoms with Crippen LogP contribution < -0.4 is 0 Å². The molecule has 0 aromatic rings. The van der Waals surface area contributed by atoms with Crippen molar-refractivity contribution in [3.05, 3.63) is 0 Å². The predicted octanol–water partition coefficient (Wildman–Crippen LogP) is 18.8. The number of aliphatic hydroxyl groups excluding tert-OH is 1. The van der Waals surface area contributed by atoms with Crippen molar-refractivity contribution in [2.75, 3.05) is 39.6 Å². The second-order valence-electron chi connectivity index (χ2n) is 25.2. The molecule has 5 atom stereocenters. The number of aliphatic hydroxyl groups is 1. The highest BCUT2D eigenvalue weighted by atomic mass is 31.2. The third kappa shape index (κ3) is 60.9. The molecule has 0 saturated carbocycles. The lowest BCUT2D eigenvalue weighted by Gasteiger charge is -2.21. The summed E-state index contributed by atoms with van der Waals surface area (Å²) in [6, 6.07) is 0. The number of hydrogen-bond donors (Lipinski definition) is 3. The predicted molar refractivity (Wildman–Crippen MR) is 345 cm³/mol. The van der Waals surface area contributed by atoms with E-state index < -0.39 is 97.5 Å². The molecule has 510 valence electrons. The van der Waals surface area contributed by atoms with Crippen molar-refractivity contribution in [2.24, 2.45) is 11.8 Å². The van der Waals surface area contributed by atoms with Gasteiger partial charge in [0.25, 0.3) is 0 Å². The smallest absolute Gasteiger partial charge is 0.462 e. The fraction of sp³-hybridized carbons (Fsp3) is 0.940. The number of carbonyl (C=O) groups excluding carboxylic acids is 4. The standard InChI is InChI=1S/C67H130O17P2/c1-7-9-11-13-14-15-16-17-21-28-33-39-45-51-66(71)83-62(55-77-64(69)49-43-35-12-10-8-2)57-81-85(73,74)79-53-61(68)54-80-86(75,76)82-58-63(56-78-65(70)50-44-38-32-27-24-23-26-31-37-42-48-60(5)6)84-67(72)52-46-40-34-29-22-19-18-20-25-30-36-41-47-59(3)4/h59-63,68H,7-58H2,1-6H3,(H,73,74)(H,75,76)/t61-,62+,63+/m0/s1. The zero-order valence-corrected chi connectivity index (χ0v) is 57.4. The van der Waals surface area contributed by atoms with E-state index in [0.717, 1.165) is 108 Å². The molecule has 0 aliphatic rings. The SMILES string of the molecule is CCCCCCCCCCCCCCCC(=O)O[C@H](COC(=O)CCCCCCC)COP(=O)(O)OC[C@H](O)COP(=O)(O)OC[C@@H](COC(=O)CCCCCCCCCCCCC(C)C)OC(=O)CCCCCCCCCCCCCCC(C)C. The van der Waals surface area contributed by atoms with Gasteiger partial charge in [-0.15, -0.1) is 0 Å². The maximum absolute atomic E-state index is 13.0. The highest BCUT2D eigenvalue weighted by Gasteiger charge is 2.30. The van der Waals surface area contributed by atoms with Crippen LogP contribution in [0.5, 0.6) is 0 Å². The minimum absolute atomic E-state index is 0.106. The lowest BCUT2D eigenvalue weighted by molar-refractivity contribution is -0.161. The number of unbranched alkanes of at least 4 members (excludes halogenated alkanes) is 36. The third-order valence-corrected chi connectivity index (χ3v) is 17.4. The van der Waals surface area contributed by atoms with Crippen LogP contribution in [-0.4, -0.2) is 96.7 Å². The van der Waals surface area contributed by atoms with Crippen molar-refractivity contribution < 1.29 is 80.2 Å². The molecule has 0 aromatic heterocycles. The number of ether oxygens (including phenoxy) is 4. The van der Waals surface area contributed by atoms with Crippen LogP contribution in [0.25, 0.3) is 0 Å². The molecule has 0 saturated heterocycles. The first-order valence-electron chi connectivity index (χ1n) is 35.0. The Morgan fingerprint density at radius 2 is 0.535 bits per heavy atom. The maximum Gasteiger partial charge on any atom is 0.472 e. The van der Waals surface area contributed by atoms with Crippen LogP contribution in [0.2, 0.25) is 0 Å². The van der Waals surface area contributed by atoms with E-state index in [0.29, 0.717) is 25.7 Å². The zero-order chi connectivity index (χ0) is 63.6. The van der Waals surface area contributed by atoms with Crippen molar-refractivity contribution in [2.45, 2.75) is 355 Å². The summed E-state index contributed by atoms with van der Waals surface area (Å²) in [6.07, 6.45) is 43.3. The Bertz CT molecular complexity index is 1680. The quantitative estimate of drug-likeness (QED) is 0.0222. The van der Waals surface area contributed by atoms with Gasteiger partial charge in [0.1, 0.15) is 19.3 Å². The summed E-state index contributed by atoms with van der Waals surface area (Å²) in [5, 5.41) is 10.5. The lowest BCUT2D eigenvalue weighted by atomic mass is 10.0. The summed E-state index contributed by atoms with van der Waals surface area (Å²) in [6.45, 7) is 9.45. The van der Waals surface area contributed by atoms with Gasteiger partial charge in [-0.25, -0.2) is 9.13 Å². The summed E-state index contributed by atoms with van der Waals surface area (Å²) >= 11 is 0. The van der Waals surface area contributed by atoms with Gasteiger partial charge >= 0.3 is 39.5 Å². The number of rotatable bonds is 66. The minimum Gasteiger partial charge on any atom is -0.462 e. The Morgan fingerprint density at radius 1 is 0.314 bits per heavy atom.